The number of carbonyl (C=O) groups is 1. The molecule has 1 saturated heterocycles. The predicted octanol–water partition coefficient (Wildman–Crippen LogP) is 3.66. The average molecular weight is 467 g/mol. The fourth-order valence-corrected chi connectivity index (χ4v) is 4.09. The largest absolute Gasteiger partial charge is 0.382 e. The number of unbranched alkanes of at least 4 members (excludes halogenated alkanes) is 1. The predicted molar refractivity (Wildman–Crippen MR) is 124 cm³/mol. The van der Waals surface area contributed by atoms with E-state index in [1.54, 1.807) is 23.8 Å². The van der Waals surface area contributed by atoms with Gasteiger partial charge in [0.25, 0.3) is 0 Å². The van der Waals surface area contributed by atoms with Crippen LogP contribution in [-0.4, -0.2) is 46.3 Å². The van der Waals surface area contributed by atoms with E-state index >= 15 is 0 Å². The van der Waals surface area contributed by atoms with Crippen LogP contribution in [0.5, 0.6) is 0 Å². The molecule has 5 N–H and O–H groups in total. The van der Waals surface area contributed by atoms with Crippen molar-refractivity contribution >= 4 is 40.7 Å². The number of halogens is 2. The summed E-state index contributed by atoms with van der Waals surface area (Å²) in [6.45, 7) is 4.72. The summed E-state index contributed by atoms with van der Waals surface area (Å²) in [5.74, 6) is 0.722. The van der Waals surface area contributed by atoms with E-state index in [0.717, 1.165) is 51.1 Å². The zero-order chi connectivity index (χ0) is 22.4. The van der Waals surface area contributed by atoms with Gasteiger partial charge in [0.2, 0.25) is 5.91 Å². The third-order valence-electron chi connectivity index (χ3n) is 5.69. The Morgan fingerprint density at radius 3 is 2.71 bits per heavy atom. The maximum atomic E-state index is 11.0. The molecule has 8 nitrogen and oxygen atoms in total. The number of piperidine rings is 1. The van der Waals surface area contributed by atoms with E-state index in [-0.39, 0.29) is 11.4 Å². The van der Waals surface area contributed by atoms with E-state index < -0.39 is 0 Å². The molecule has 0 unspecified atom stereocenters. The quantitative estimate of drug-likeness (QED) is 0.266. The second-order valence-electron chi connectivity index (χ2n) is 8.03. The SMILES string of the molecule is CC1(NCCCCC(=O)NO)CCN(c2cnc(-c3cccc(Cl)c3Cl)c(N)n2)CC1. The minimum Gasteiger partial charge on any atom is -0.382 e. The van der Waals surface area contributed by atoms with Gasteiger partial charge < -0.3 is 16.0 Å². The van der Waals surface area contributed by atoms with Crippen LogP contribution in [-0.2, 0) is 4.79 Å². The Labute approximate surface area is 192 Å². The zero-order valence-electron chi connectivity index (χ0n) is 17.5. The third-order valence-corrected chi connectivity index (χ3v) is 6.51. The molecule has 1 aliphatic rings. The fraction of sp³-hybridized carbons (Fsp3) is 0.476. The summed E-state index contributed by atoms with van der Waals surface area (Å²) in [6.07, 6.45) is 5.58. The number of nitrogens with zero attached hydrogens (tertiary/aromatic N) is 3. The van der Waals surface area contributed by atoms with Crippen molar-refractivity contribution in [1.29, 1.82) is 0 Å². The van der Waals surface area contributed by atoms with Crippen LogP contribution in [0.1, 0.15) is 39.0 Å². The number of nitrogen functional groups attached to an aromatic ring is 1. The Kier molecular flexibility index (Phi) is 7.94. The molecule has 0 bridgehead atoms. The lowest BCUT2D eigenvalue weighted by Crippen LogP contribution is -2.51. The van der Waals surface area contributed by atoms with Gasteiger partial charge in [-0.05, 0) is 45.2 Å². The minimum atomic E-state index is -0.344. The Morgan fingerprint density at radius 2 is 2.03 bits per heavy atom. The van der Waals surface area contributed by atoms with Gasteiger partial charge in [0, 0.05) is 30.6 Å². The lowest BCUT2D eigenvalue weighted by Gasteiger charge is -2.40. The fourth-order valence-electron chi connectivity index (χ4n) is 3.70. The van der Waals surface area contributed by atoms with Crippen molar-refractivity contribution in [2.75, 3.05) is 30.3 Å². The van der Waals surface area contributed by atoms with Gasteiger partial charge in [-0.2, -0.15) is 0 Å². The van der Waals surface area contributed by atoms with Crippen molar-refractivity contribution in [1.82, 2.24) is 20.8 Å². The highest BCUT2D eigenvalue weighted by Gasteiger charge is 2.30. The van der Waals surface area contributed by atoms with E-state index in [2.05, 4.69) is 27.1 Å². The summed E-state index contributed by atoms with van der Waals surface area (Å²) >= 11 is 12.4. The number of anilines is 2. The molecule has 2 aromatic rings. The molecular formula is C21H28Cl2N6O2. The van der Waals surface area contributed by atoms with E-state index in [4.69, 9.17) is 34.1 Å². The monoisotopic (exact) mass is 466 g/mol. The third kappa shape index (κ3) is 5.98. The molecule has 31 heavy (non-hydrogen) atoms. The molecule has 1 aromatic heterocycles. The number of rotatable bonds is 8. The Bertz CT molecular complexity index is 919. The van der Waals surface area contributed by atoms with E-state index in [1.165, 1.54) is 0 Å². The molecule has 1 aromatic carbocycles. The molecule has 2 heterocycles. The number of nitrogens with one attached hydrogen (secondary N) is 2. The Morgan fingerprint density at radius 1 is 1.29 bits per heavy atom. The number of aromatic nitrogens is 2. The summed E-state index contributed by atoms with van der Waals surface area (Å²) < 4.78 is 0. The van der Waals surface area contributed by atoms with Crippen molar-refractivity contribution in [3.05, 3.63) is 34.4 Å². The molecule has 1 amide bonds. The summed E-state index contributed by atoms with van der Waals surface area (Å²) in [7, 11) is 0. The Balaban J connectivity index is 1.55. The first-order valence-electron chi connectivity index (χ1n) is 10.3. The first-order chi connectivity index (χ1) is 14.8. The van der Waals surface area contributed by atoms with Crippen LogP contribution in [0, 0.1) is 0 Å². The van der Waals surface area contributed by atoms with Crippen LogP contribution in [0.2, 0.25) is 10.0 Å². The van der Waals surface area contributed by atoms with Crippen molar-refractivity contribution < 1.29 is 10.0 Å². The number of amides is 1. The lowest BCUT2D eigenvalue weighted by molar-refractivity contribution is -0.129. The smallest absolute Gasteiger partial charge is 0.243 e. The molecular weight excluding hydrogens is 439 g/mol. The number of hydroxylamine groups is 1. The van der Waals surface area contributed by atoms with E-state index in [9.17, 15) is 4.79 Å². The highest BCUT2D eigenvalue weighted by atomic mass is 35.5. The molecule has 168 valence electrons. The molecule has 0 aliphatic carbocycles. The van der Waals surface area contributed by atoms with E-state index in [0.29, 0.717) is 33.5 Å². The van der Waals surface area contributed by atoms with Crippen LogP contribution in [0.15, 0.2) is 24.4 Å². The number of nitrogens with two attached hydrogens (primary N) is 1. The molecule has 0 saturated carbocycles. The summed E-state index contributed by atoms with van der Waals surface area (Å²) in [4.78, 5) is 22.3. The lowest BCUT2D eigenvalue weighted by atomic mass is 9.89. The normalized spacial score (nSPS) is 15.7. The number of carbonyl (C=O) groups excluding carboxylic acids is 1. The molecule has 0 spiro atoms. The molecule has 10 heteroatoms. The number of benzene rings is 1. The van der Waals surface area contributed by atoms with Crippen LogP contribution in [0.4, 0.5) is 11.6 Å². The van der Waals surface area contributed by atoms with Crippen molar-refractivity contribution in [3.63, 3.8) is 0 Å². The van der Waals surface area contributed by atoms with E-state index in [1.807, 2.05) is 6.07 Å². The molecule has 0 radical (unpaired) electrons. The summed E-state index contributed by atoms with van der Waals surface area (Å²) in [5, 5.41) is 13.0. The van der Waals surface area contributed by atoms with Crippen LogP contribution < -0.4 is 21.4 Å². The molecule has 3 rings (SSSR count). The minimum absolute atomic E-state index is 0.0307. The van der Waals surface area contributed by atoms with Gasteiger partial charge in [-0.15, -0.1) is 0 Å². The average Bonchev–Trinajstić information content (AvgIpc) is 2.76. The second-order valence-corrected chi connectivity index (χ2v) is 8.82. The molecule has 0 atom stereocenters. The van der Waals surface area contributed by atoms with Gasteiger partial charge in [0.1, 0.15) is 11.5 Å². The van der Waals surface area contributed by atoms with Crippen molar-refractivity contribution in [2.45, 2.75) is 44.6 Å². The second kappa shape index (κ2) is 10.5. The van der Waals surface area contributed by atoms with Gasteiger partial charge in [0.15, 0.2) is 5.82 Å². The zero-order valence-corrected chi connectivity index (χ0v) is 19.0. The highest BCUT2D eigenvalue weighted by molar-refractivity contribution is 6.43. The molecule has 1 aliphatic heterocycles. The van der Waals surface area contributed by atoms with Crippen molar-refractivity contribution in [2.24, 2.45) is 0 Å². The van der Waals surface area contributed by atoms with Crippen molar-refractivity contribution in [3.8, 4) is 11.3 Å². The summed E-state index contributed by atoms with van der Waals surface area (Å²) in [5.41, 5.74) is 9.08. The Hall–Kier alpha value is -2.13. The highest BCUT2D eigenvalue weighted by Crippen LogP contribution is 2.35. The standard InChI is InChI=1S/C21H28Cl2N6O2/c1-21(26-10-3-2-7-17(30)28-31)8-11-29(12-9-21)16-13-25-19(20(24)27-16)14-5-4-6-15(22)18(14)23/h4-6,13,26,31H,2-3,7-12H2,1H3,(H2,24,27)(H,28,30). The maximum Gasteiger partial charge on any atom is 0.243 e. The molecule has 1 fully saturated rings. The topological polar surface area (TPSA) is 116 Å². The first-order valence-corrected chi connectivity index (χ1v) is 11.1. The van der Waals surface area contributed by atoms with Crippen LogP contribution >= 0.6 is 23.2 Å². The maximum absolute atomic E-state index is 11.0. The summed E-state index contributed by atoms with van der Waals surface area (Å²) in [6, 6.07) is 5.34. The van der Waals surface area contributed by atoms with Gasteiger partial charge in [-0.3, -0.25) is 10.0 Å². The van der Waals surface area contributed by atoms with Gasteiger partial charge in [-0.1, -0.05) is 35.3 Å². The number of hydrogen-bond acceptors (Lipinski definition) is 7. The van der Waals surface area contributed by atoms with Gasteiger partial charge in [-0.25, -0.2) is 15.4 Å². The van der Waals surface area contributed by atoms with Gasteiger partial charge in [0.05, 0.1) is 16.2 Å². The van der Waals surface area contributed by atoms with Gasteiger partial charge >= 0.3 is 0 Å². The van der Waals surface area contributed by atoms with Crippen LogP contribution in [0.3, 0.4) is 0 Å². The first kappa shape index (κ1) is 23.5. The van der Waals surface area contributed by atoms with Crippen LogP contribution in [0.25, 0.3) is 11.3 Å². The number of hydrogen-bond donors (Lipinski definition) is 4.